The van der Waals surface area contributed by atoms with Gasteiger partial charge in [-0.25, -0.2) is 4.79 Å². The third-order valence-corrected chi connectivity index (χ3v) is 2.52. The first kappa shape index (κ1) is 15.7. The molecule has 0 saturated carbocycles. The summed E-state index contributed by atoms with van der Waals surface area (Å²) in [6.07, 6.45) is 4.74. The van der Waals surface area contributed by atoms with E-state index >= 15 is 0 Å². The minimum Gasteiger partial charge on any atom is -0.434 e. The van der Waals surface area contributed by atoms with Gasteiger partial charge in [0.05, 0.1) is 11.5 Å². The van der Waals surface area contributed by atoms with Gasteiger partial charge in [0.1, 0.15) is 5.75 Å². The molecule has 0 radical (unpaired) electrons. The molecule has 0 saturated heterocycles. The maximum atomic E-state index is 11.3. The highest BCUT2D eigenvalue weighted by Gasteiger charge is 2.08. The minimum atomic E-state index is -0.803. The van der Waals surface area contributed by atoms with Crippen LogP contribution in [0, 0.1) is 10.1 Å². The molecule has 1 aromatic carbocycles. The summed E-state index contributed by atoms with van der Waals surface area (Å²) in [7, 11) is 0. The van der Waals surface area contributed by atoms with Crippen molar-refractivity contribution < 1.29 is 19.2 Å². The number of nitro groups is 1. The summed E-state index contributed by atoms with van der Waals surface area (Å²) >= 11 is 0. The molecule has 0 atom stereocenters. The highest BCUT2D eigenvalue weighted by atomic mass is 16.7. The Morgan fingerprint density at radius 3 is 2.55 bits per heavy atom. The molecule has 20 heavy (non-hydrogen) atoms. The Balaban J connectivity index is 2.24. The molecule has 0 bridgehead atoms. The van der Waals surface area contributed by atoms with Gasteiger partial charge in [0, 0.05) is 12.1 Å². The van der Waals surface area contributed by atoms with Crippen molar-refractivity contribution in [3.8, 4) is 5.75 Å². The Labute approximate surface area is 117 Å². The predicted octanol–water partition coefficient (Wildman–Crippen LogP) is 3.86. The first-order valence-corrected chi connectivity index (χ1v) is 6.33. The number of ether oxygens (including phenoxy) is 2. The fourth-order valence-electron chi connectivity index (χ4n) is 1.48. The summed E-state index contributed by atoms with van der Waals surface area (Å²) in [5, 5.41) is 10.5. The summed E-state index contributed by atoms with van der Waals surface area (Å²) in [5.41, 5.74) is -0.0621. The van der Waals surface area contributed by atoms with Gasteiger partial charge < -0.3 is 9.47 Å². The van der Waals surface area contributed by atoms with E-state index in [-0.39, 0.29) is 11.4 Å². The fraction of sp³-hybridized carbons (Fsp3) is 0.357. The van der Waals surface area contributed by atoms with Crippen LogP contribution in [0.15, 0.2) is 36.9 Å². The van der Waals surface area contributed by atoms with Gasteiger partial charge in [-0.3, -0.25) is 10.1 Å². The highest BCUT2D eigenvalue weighted by Crippen LogP contribution is 2.17. The number of nitrogens with zero attached hydrogens (tertiary/aromatic N) is 1. The quantitative estimate of drug-likeness (QED) is 0.180. The second-order valence-electron chi connectivity index (χ2n) is 4.09. The van der Waals surface area contributed by atoms with Crippen molar-refractivity contribution in [2.45, 2.75) is 25.7 Å². The number of benzene rings is 1. The van der Waals surface area contributed by atoms with Crippen molar-refractivity contribution in [3.05, 3.63) is 47.0 Å². The summed E-state index contributed by atoms with van der Waals surface area (Å²) in [6, 6.07) is 5.22. The lowest BCUT2D eigenvalue weighted by atomic mass is 10.2. The average molecular weight is 279 g/mol. The van der Waals surface area contributed by atoms with E-state index in [2.05, 4.69) is 6.58 Å². The molecule has 0 fully saturated rings. The molecule has 6 nitrogen and oxygen atoms in total. The van der Waals surface area contributed by atoms with Crippen LogP contribution in [0.5, 0.6) is 5.75 Å². The van der Waals surface area contributed by atoms with E-state index in [1.807, 2.05) is 6.08 Å². The second kappa shape index (κ2) is 8.68. The molecule has 1 aromatic rings. The first-order chi connectivity index (χ1) is 9.63. The van der Waals surface area contributed by atoms with Crippen LogP contribution >= 0.6 is 0 Å². The molecule has 0 unspecified atom stereocenters. The fourth-order valence-corrected chi connectivity index (χ4v) is 1.48. The Bertz CT molecular complexity index is 455. The van der Waals surface area contributed by atoms with Gasteiger partial charge in [-0.2, -0.15) is 0 Å². The highest BCUT2D eigenvalue weighted by molar-refractivity contribution is 5.63. The molecular formula is C14H17NO5. The number of nitro benzene ring substituents is 1. The zero-order valence-corrected chi connectivity index (χ0v) is 11.1. The van der Waals surface area contributed by atoms with Crippen molar-refractivity contribution in [1.82, 2.24) is 0 Å². The van der Waals surface area contributed by atoms with Crippen molar-refractivity contribution in [2.24, 2.45) is 0 Å². The number of hydrogen-bond acceptors (Lipinski definition) is 5. The lowest BCUT2D eigenvalue weighted by Crippen LogP contribution is -2.11. The minimum absolute atomic E-state index is 0.0621. The van der Waals surface area contributed by atoms with Crippen LogP contribution in [0.2, 0.25) is 0 Å². The largest absolute Gasteiger partial charge is 0.513 e. The Morgan fingerprint density at radius 1 is 1.25 bits per heavy atom. The third-order valence-electron chi connectivity index (χ3n) is 2.52. The number of hydrogen-bond donors (Lipinski definition) is 0. The zero-order chi connectivity index (χ0) is 14.8. The van der Waals surface area contributed by atoms with Gasteiger partial charge in [-0.15, -0.1) is 6.58 Å². The van der Waals surface area contributed by atoms with E-state index < -0.39 is 11.1 Å². The number of carbonyl (C=O) groups is 1. The smallest absolute Gasteiger partial charge is 0.434 e. The molecule has 0 aliphatic heterocycles. The molecule has 0 amide bonds. The molecule has 0 spiro atoms. The van der Waals surface area contributed by atoms with Crippen LogP contribution in [-0.4, -0.2) is 17.7 Å². The maximum Gasteiger partial charge on any atom is 0.513 e. The van der Waals surface area contributed by atoms with Gasteiger partial charge in [-0.1, -0.05) is 6.08 Å². The van der Waals surface area contributed by atoms with Crippen molar-refractivity contribution in [1.29, 1.82) is 0 Å². The molecule has 0 aliphatic rings. The van der Waals surface area contributed by atoms with Crippen LogP contribution in [0.3, 0.4) is 0 Å². The van der Waals surface area contributed by atoms with E-state index in [1.54, 1.807) is 0 Å². The van der Waals surface area contributed by atoms with Gasteiger partial charge in [0.25, 0.3) is 5.69 Å². The molecule has 0 aliphatic carbocycles. The lowest BCUT2D eigenvalue weighted by molar-refractivity contribution is -0.384. The van der Waals surface area contributed by atoms with E-state index in [1.165, 1.54) is 24.3 Å². The maximum absolute atomic E-state index is 11.3. The monoisotopic (exact) mass is 279 g/mol. The van der Waals surface area contributed by atoms with Crippen LogP contribution in [0.1, 0.15) is 25.7 Å². The molecule has 0 heterocycles. The Kier molecular flexibility index (Phi) is 6.81. The van der Waals surface area contributed by atoms with Crippen LogP contribution in [0.4, 0.5) is 10.5 Å². The van der Waals surface area contributed by atoms with Crippen LogP contribution in [-0.2, 0) is 4.74 Å². The standard InChI is InChI=1S/C14H17NO5/c1-2-3-4-5-6-11-19-14(16)20-13-9-7-12(8-10-13)15(17)18/h2,7-10H,1,3-6,11H2. The van der Waals surface area contributed by atoms with Gasteiger partial charge in [0.15, 0.2) is 0 Å². The molecule has 1 rings (SSSR count). The van der Waals surface area contributed by atoms with Crippen LogP contribution in [0.25, 0.3) is 0 Å². The van der Waals surface area contributed by atoms with Crippen molar-refractivity contribution in [3.63, 3.8) is 0 Å². The van der Waals surface area contributed by atoms with E-state index in [9.17, 15) is 14.9 Å². The predicted molar refractivity (Wildman–Crippen MR) is 73.7 cm³/mol. The Hall–Kier alpha value is -2.37. The Morgan fingerprint density at radius 2 is 1.95 bits per heavy atom. The average Bonchev–Trinajstić information content (AvgIpc) is 2.43. The molecule has 6 heteroatoms. The number of unbranched alkanes of at least 4 members (excludes halogenated alkanes) is 3. The van der Waals surface area contributed by atoms with E-state index in [4.69, 9.17) is 9.47 Å². The summed E-state index contributed by atoms with van der Waals surface area (Å²) in [4.78, 5) is 21.3. The number of carbonyl (C=O) groups excluding carboxylic acids is 1. The second-order valence-corrected chi connectivity index (χ2v) is 4.09. The SMILES string of the molecule is C=CCCCCCOC(=O)Oc1ccc([N+](=O)[O-])cc1. The molecular weight excluding hydrogens is 262 g/mol. The third kappa shape index (κ3) is 5.99. The van der Waals surface area contributed by atoms with E-state index in [0.717, 1.165) is 25.7 Å². The summed E-state index contributed by atoms with van der Waals surface area (Å²) < 4.78 is 9.76. The number of rotatable bonds is 8. The lowest BCUT2D eigenvalue weighted by Gasteiger charge is -2.05. The molecule has 0 aromatic heterocycles. The topological polar surface area (TPSA) is 78.7 Å². The van der Waals surface area contributed by atoms with Crippen molar-refractivity contribution >= 4 is 11.8 Å². The number of non-ortho nitro benzene ring substituents is 1. The summed E-state index contributed by atoms with van der Waals surface area (Å²) in [6.45, 7) is 3.92. The van der Waals surface area contributed by atoms with Gasteiger partial charge in [0.2, 0.25) is 0 Å². The van der Waals surface area contributed by atoms with Gasteiger partial charge in [-0.05, 0) is 37.8 Å². The van der Waals surface area contributed by atoms with Crippen LogP contribution < -0.4 is 4.74 Å². The normalized spacial score (nSPS) is 9.80. The summed E-state index contributed by atoms with van der Waals surface area (Å²) in [5.74, 6) is 0.215. The molecule has 0 N–H and O–H groups in total. The first-order valence-electron chi connectivity index (χ1n) is 6.33. The van der Waals surface area contributed by atoms with Gasteiger partial charge >= 0.3 is 6.16 Å². The number of allylic oxidation sites excluding steroid dienone is 1. The molecule has 108 valence electrons. The zero-order valence-electron chi connectivity index (χ0n) is 11.1. The van der Waals surface area contributed by atoms with Crippen molar-refractivity contribution in [2.75, 3.05) is 6.61 Å². The van der Waals surface area contributed by atoms with E-state index in [0.29, 0.717) is 6.61 Å².